The summed E-state index contributed by atoms with van der Waals surface area (Å²) in [7, 11) is 0. The first kappa shape index (κ1) is 13.8. The first-order chi connectivity index (χ1) is 9.11. The molecule has 0 radical (unpaired) electrons. The number of para-hydroxylation sites is 1. The van der Waals surface area contributed by atoms with Crippen molar-refractivity contribution in [3.05, 3.63) is 36.0 Å². The molecule has 0 amide bonds. The number of hydrogen-bond acceptors (Lipinski definition) is 3. The van der Waals surface area contributed by atoms with Crippen LogP contribution in [0.1, 0.15) is 26.0 Å². The highest BCUT2D eigenvalue weighted by Crippen LogP contribution is 2.25. The highest BCUT2D eigenvalue weighted by molar-refractivity contribution is 5.91. The predicted molar refractivity (Wildman–Crippen MR) is 82.4 cm³/mol. The average Bonchev–Trinajstić information content (AvgIpc) is 2.37. The van der Waals surface area contributed by atoms with Gasteiger partial charge in [-0.3, -0.25) is 4.98 Å². The Morgan fingerprint density at radius 3 is 2.68 bits per heavy atom. The van der Waals surface area contributed by atoms with E-state index in [4.69, 9.17) is 5.73 Å². The molecule has 3 N–H and O–H groups in total. The molecule has 19 heavy (non-hydrogen) atoms. The molecular weight excluding hydrogens is 234 g/mol. The molecule has 0 aliphatic carbocycles. The first-order valence-corrected chi connectivity index (χ1v) is 6.95. The van der Waals surface area contributed by atoms with Crippen molar-refractivity contribution in [2.24, 2.45) is 11.7 Å². The minimum atomic E-state index is 0.398. The van der Waals surface area contributed by atoms with Gasteiger partial charge >= 0.3 is 0 Å². The van der Waals surface area contributed by atoms with Gasteiger partial charge in [-0.05, 0) is 37.9 Å². The number of hydrogen-bond donors (Lipinski definition) is 2. The number of anilines is 1. The first-order valence-electron chi connectivity index (χ1n) is 6.95. The fourth-order valence-electron chi connectivity index (χ4n) is 2.38. The standard InChI is InChI=1S/C16H23N3/c1-11(2)14(8-9-17)19-16-10-12(3)18-15-7-5-4-6-13(15)16/h4-7,10-11,14H,8-9,17H2,1-3H3,(H,18,19). The Hall–Kier alpha value is -1.61. The summed E-state index contributed by atoms with van der Waals surface area (Å²) in [4.78, 5) is 4.57. The van der Waals surface area contributed by atoms with Gasteiger partial charge in [0, 0.05) is 22.8 Å². The topological polar surface area (TPSA) is 50.9 Å². The minimum Gasteiger partial charge on any atom is -0.381 e. The molecule has 0 aliphatic rings. The van der Waals surface area contributed by atoms with Crippen molar-refractivity contribution in [3.63, 3.8) is 0 Å². The van der Waals surface area contributed by atoms with Crippen molar-refractivity contribution in [2.75, 3.05) is 11.9 Å². The molecule has 1 atom stereocenters. The molecule has 2 aromatic rings. The number of rotatable bonds is 5. The van der Waals surface area contributed by atoms with Crippen molar-refractivity contribution >= 4 is 16.6 Å². The smallest absolute Gasteiger partial charge is 0.0725 e. The zero-order valence-corrected chi connectivity index (χ0v) is 12.0. The third-order valence-electron chi connectivity index (χ3n) is 3.47. The SMILES string of the molecule is Cc1cc(NC(CCN)C(C)C)c2ccccc2n1. The molecule has 0 spiro atoms. The van der Waals surface area contributed by atoms with Gasteiger partial charge in [0.15, 0.2) is 0 Å². The van der Waals surface area contributed by atoms with E-state index in [1.807, 2.05) is 13.0 Å². The van der Waals surface area contributed by atoms with Gasteiger partial charge < -0.3 is 11.1 Å². The summed E-state index contributed by atoms with van der Waals surface area (Å²) in [5.74, 6) is 0.552. The van der Waals surface area contributed by atoms with Crippen LogP contribution < -0.4 is 11.1 Å². The van der Waals surface area contributed by atoms with Crippen LogP contribution in [-0.4, -0.2) is 17.6 Å². The lowest BCUT2D eigenvalue weighted by Crippen LogP contribution is -2.28. The number of nitrogens with one attached hydrogen (secondary N) is 1. The van der Waals surface area contributed by atoms with Crippen LogP contribution in [0, 0.1) is 12.8 Å². The van der Waals surface area contributed by atoms with Gasteiger partial charge in [0.1, 0.15) is 0 Å². The number of nitrogens with two attached hydrogens (primary N) is 1. The van der Waals surface area contributed by atoms with Crippen LogP contribution in [0.4, 0.5) is 5.69 Å². The van der Waals surface area contributed by atoms with E-state index in [1.54, 1.807) is 0 Å². The molecule has 2 rings (SSSR count). The summed E-state index contributed by atoms with van der Waals surface area (Å²) in [5.41, 5.74) is 8.95. The average molecular weight is 257 g/mol. The van der Waals surface area contributed by atoms with E-state index in [0.29, 0.717) is 18.5 Å². The molecule has 0 saturated carbocycles. The van der Waals surface area contributed by atoms with Crippen LogP contribution >= 0.6 is 0 Å². The summed E-state index contributed by atoms with van der Waals surface area (Å²) in [6, 6.07) is 10.8. The molecule has 0 bridgehead atoms. The van der Waals surface area contributed by atoms with E-state index in [-0.39, 0.29) is 0 Å². The molecule has 102 valence electrons. The highest BCUT2D eigenvalue weighted by atomic mass is 14.9. The Labute approximate surface area is 115 Å². The van der Waals surface area contributed by atoms with Crippen molar-refractivity contribution in [1.82, 2.24) is 4.98 Å². The van der Waals surface area contributed by atoms with E-state index in [9.17, 15) is 0 Å². The molecule has 1 heterocycles. The number of aromatic nitrogens is 1. The zero-order valence-electron chi connectivity index (χ0n) is 12.0. The third-order valence-corrected chi connectivity index (χ3v) is 3.47. The van der Waals surface area contributed by atoms with Gasteiger partial charge in [0.05, 0.1) is 5.52 Å². The van der Waals surface area contributed by atoms with Crippen LogP contribution in [-0.2, 0) is 0 Å². The summed E-state index contributed by atoms with van der Waals surface area (Å²) in [6.07, 6.45) is 0.980. The second-order valence-electron chi connectivity index (χ2n) is 5.40. The maximum absolute atomic E-state index is 5.71. The molecular formula is C16H23N3. The van der Waals surface area contributed by atoms with Gasteiger partial charge in [-0.25, -0.2) is 0 Å². The van der Waals surface area contributed by atoms with Crippen LogP contribution in [0.25, 0.3) is 10.9 Å². The Morgan fingerprint density at radius 1 is 1.26 bits per heavy atom. The Balaban J connectivity index is 2.38. The Morgan fingerprint density at radius 2 is 2.00 bits per heavy atom. The molecule has 0 fully saturated rings. The van der Waals surface area contributed by atoms with E-state index in [0.717, 1.165) is 23.3 Å². The van der Waals surface area contributed by atoms with Crippen LogP contribution in [0.3, 0.4) is 0 Å². The van der Waals surface area contributed by atoms with E-state index < -0.39 is 0 Å². The lowest BCUT2D eigenvalue weighted by molar-refractivity contribution is 0.499. The predicted octanol–water partition coefficient (Wildman–Crippen LogP) is 3.33. The second-order valence-corrected chi connectivity index (χ2v) is 5.40. The molecule has 1 unspecified atom stereocenters. The van der Waals surface area contributed by atoms with E-state index >= 15 is 0 Å². The number of aryl methyl sites for hydroxylation is 1. The van der Waals surface area contributed by atoms with Crippen molar-refractivity contribution < 1.29 is 0 Å². The third kappa shape index (κ3) is 3.24. The highest BCUT2D eigenvalue weighted by Gasteiger charge is 2.14. The van der Waals surface area contributed by atoms with E-state index in [2.05, 4.69) is 48.4 Å². The summed E-state index contributed by atoms with van der Waals surface area (Å²) < 4.78 is 0. The monoisotopic (exact) mass is 257 g/mol. The molecule has 3 nitrogen and oxygen atoms in total. The molecule has 0 aliphatic heterocycles. The number of fused-ring (bicyclic) bond motifs is 1. The van der Waals surface area contributed by atoms with Crippen LogP contribution in [0.2, 0.25) is 0 Å². The summed E-state index contributed by atoms with van der Waals surface area (Å²) in [6.45, 7) is 7.19. The number of pyridine rings is 1. The van der Waals surface area contributed by atoms with Crippen molar-refractivity contribution in [1.29, 1.82) is 0 Å². The lowest BCUT2D eigenvalue weighted by atomic mass is 10.00. The van der Waals surface area contributed by atoms with Gasteiger partial charge in [0.25, 0.3) is 0 Å². The molecule has 3 heteroatoms. The van der Waals surface area contributed by atoms with Crippen LogP contribution in [0.15, 0.2) is 30.3 Å². The van der Waals surface area contributed by atoms with Crippen LogP contribution in [0.5, 0.6) is 0 Å². The minimum absolute atomic E-state index is 0.398. The number of benzene rings is 1. The molecule has 0 saturated heterocycles. The fraction of sp³-hybridized carbons (Fsp3) is 0.438. The number of nitrogens with zero attached hydrogens (tertiary/aromatic N) is 1. The quantitative estimate of drug-likeness (QED) is 0.864. The fourth-order valence-corrected chi connectivity index (χ4v) is 2.38. The molecule has 1 aromatic heterocycles. The van der Waals surface area contributed by atoms with Gasteiger partial charge in [0.2, 0.25) is 0 Å². The lowest BCUT2D eigenvalue weighted by Gasteiger charge is -2.24. The maximum Gasteiger partial charge on any atom is 0.0725 e. The normalized spacial score (nSPS) is 12.9. The van der Waals surface area contributed by atoms with Gasteiger partial charge in [-0.15, -0.1) is 0 Å². The zero-order chi connectivity index (χ0) is 13.8. The molecule has 1 aromatic carbocycles. The van der Waals surface area contributed by atoms with Crippen molar-refractivity contribution in [2.45, 2.75) is 33.2 Å². The van der Waals surface area contributed by atoms with Crippen molar-refractivity contribution in [3.8, 4) is 0 Å². The summed E-state index contributed by atoms with van der Waals surface area (Å²) in [5, 5.41) is 4.82. The Kier molecular flexibility index (Phi) is 4.38. The second kappa shape index (κ2) is 6.02. The Bertz CT molecular complexity index is 549. The largest absolute Gasteiger partial charge is 0.381 e. The van der Waals surface area contributed by atoms with Gasteiger partial charge in [-0.2, -0.15) is 0 Å². The van der Waals surface area contributed by atoms with E-state index in [1.165, 1.54) is 5.39 Å². The summed E-state index contributed by atoms with van der Waals surface area (Å²) >= 11 is 0. The van der Waals surface area contributed by atoms with Gasteiger partial charge in [-0.1, -0.05) is 32.0 Å². The maximum atomic E-state index is 5.71.